The average molecular weight is 393 g/mol. The lowest BCUT2D eigenvalue weighted by atomic mass is 10.1. The summed E-state index contributed by atoms with van der Waals surface area (Å²) in [6, 6.07) is 0.107. The van der Waals surface area contributed by atoms with Crippen molar-refractivity contribution in [3.63, 3.8) is 0 Å². The van der Waals surface area contributed by atoms with Crippen LogP contribution in [-0.2, 0) is 9.53 Å². The number of nitrogens with zero attached hydrogens (tertiary/aromatic N) is 5. The van der Waals surface area contributed by atoms with E-state index in [1.54, 1.807) is 13.4 Å². The summed E-state index contributed by atoms with van der Waals surface area (Å²) >= 11 is 0. The van der Waals surface area contributed by atoms with Gasteiger partial charge in [-0.25, -0.2) is 15.0 Å². The number of aromatic nitrogens is 4. The summed E-state index contributed by atoms with van der Waals surface area (Å²) in [5.74, 6) is -0.388. The summed E-state index contributed by atoms with van der Waals surface area (Å²) in [5, 5.41) is 8.77. The summed E-state index contributed by atoms with van der Waals surface area (Å²) in [4.78, 5) is 25.5. The number of hydrogen-bond acceptors (Lipinski definition) is 8. The number of methoxy groups -OCH3 is 1. The maximum atomic E-state index is 10.7. The number of fused-ring (bicyclic) bond motifs is 1. The second-order valence-electron chi connectivity index (χ2n) is 6.97. The highest BCUT2D eigenvalue weighted by atomic mass is 16.5. The van der Waals surface area contributed by atoms with Crippen LogP contribution in [0.1, 0.15) is 38.6 Å². The van der Waals surface area contributed by atoms with Crippen molar-refractivity contribution in [2.45, 2.75) is 44.8 Å². The topological polar surface area (TPSA) is 145 Å². The molecule has 156 valence electrons. The van der Waals surface area contributed by atoms with Crippen molar-refractivity contribution >= 4 is 23.0 Å². The molecule has 10 nitrogen and oxygen atoms in total. The first-order chi connectivity index (χ1) is 13.5. The number of nitrogens with two attached hydrogens (primary N) is 2. The monoisotopic (exact) mass is 393 g/mol. The highest BCUT2D eigenvalue weighted by Crippen LogP contribution is 2.22. The first-order valence-corrected chi connectivity index (χ1v) is 9.56. The minimum absolute atomic E-state index is 0.00217. The number of anilines is 1. The van der Waals surface area contributed by atoms with Crippen LogP contribution in [-0.4, -0.2) is 74.9 Å². The van der Waals surface area contributed by atoms with Gasteiger partial charge in [0.2, 0.25) is 0 Å². The van der Waals surface area contributed by atoms with E-state index in [0.29, 0.717) is 29.9 Å². The molecular formula is C18H31N7O3. The van der Waals surface area contributed by atoms with Gasteiger partial charge in [0.25, 0.3) is 0 Å². The van der Waals surface area contributed by atoms with Gasteiger partial charge < -0.3 is 25.9 Å². The standard InChI is InChI=1S/C18H31N7O3/c1-13(25-12-23-16-17(20)21-11-22-18(16)25)9-14(28-2)10-24(8-6-19)7-4-3-5-15(26)27/h11-14H,3-10,19H2,1-2H3,(H,26,27)(H2,20,21,22). The lowest BCUT2D eigenvalue weighted by Crippen LogP contribution is -2.38. The van der Waals surface area contributed by atoms with E-state index in [-0.39, 0.29) is 18.6 Å². The molecule has 2 rings (SSSR count). The van der Waals surface area contributed by atoms with E-state index < -0.39 is 5.97 Å². The van der Waals surface area contributed by atoms with Gasteiger partial charge in [0.15, 0.2) is 11.5 Å². The number of rotatable bonds is 13. The summed E-state index contributed by atoms with van der Waals surface area (Å²) in [6.07, 6.45) is 5.61. The van der Waals surface area contributed by atoms with E-state index in [2.05, 4.69) is 26.8 Å². The third-order valence-electron chi connectivity index (χ3n) is 4.82. The average Bonchev–Trinajstić information content (AvgIpc) is 3.10. The molecular weight excluding hydrogens is 362 g/mol. The number of hydrogen-bond donors (Lipinski definition) is 3. The molecule has 10 heteroatoms. The third kappa shape index (κ3) is 6.11. The molecule has 0 bridgehead atoms. The number of nitrogen functional groups attached to an aromatic ring is 1. The Morgan fingerprint density at radius 2 is 2.11 bits per heavy atom. The van der Waals surface area contributed by atoms with Crippen LogP contribution < -0.4 is 11.5 Å². The zero-order chi connectivity index (χ0) is 20.5. The van der Waals surface area contributed by atoms with Gasteiger partial charge in [0.05, 0.1) is 12.4 Å². The maximum Gasteiger partial charge on any atom is 0.303 e. The molecule has 0 spiro atoms. The van der Waals surface area contributed by atoms with Crippen molar-refractivity contribution in [3.8, 4) is 0 Å². The number of imidazole rings is 1. The van der Waals surface area contributed by atoms with Gasteiger partial charge in [-0.15, -0.1) is 0 Å². The van der Waals surface area contributed by atoms with Gasteiger partial charge in [-0.05, 0) is 32.7 Å². The number of aliphatic carboxylic acids is 1. The van der Waals surface area contributed by atoms with Crippen molar-refractivity contribution in [1.29, 1.82) is 0 Å². The molecule has 28 heavy (non-hydrogen) atoms. The number of carbonyl (C=O) groups is 1. The first kappa shape index (κ1) is 22.0. The molecule has 0 fully saturated rings. The largest absolute Gasteiger partial charge is 0.481 e. The van der Waals surface area contributed by atoms with Crippen molar-refractivity contribution in [2.24, 2.45) is 5.73 Å². The predicted octanol–water partition coefficient (Wildman–Crippen LogP) is 0.890. The van der Waals surface area contributed by atoms with E-state index in [4.69, 9.17) is 21.3 Å². The molecule has 0 saturated heterocycles. The van der Waals surface area contributed by atoms with Gasteiger partial charge in [0.1, 0.15) is 11.8 Å². The molecule has 0 aliphatic rings. The van der Waals surface area contributed by atoms with E-state index in [9.17, 15) is 4.79 Å². The smallest absolute Gasteiger partial charge is 0.303 e. The van der Waals surface area contributed by atoms with E-state index in [0.717, 1.165) is 32.5 Å². The van der Waals surface area contributed by atoms with Crippen molar-refractivity contribution in [1.82, 2.24) is 24.4 Å². The molecule has 5 N–H and O–H groups in total. The minimum atomic E-state index is -0.758. The zero-order valence-corrected chi connectivity index (χ0v) is 16.6. The Bertz CT molecular complexity index is 752. The van der Waals surface area contributed by atoms with Crippen LogP contribution in [0.4, 0.5) is 5.82 Å². The lowest BCUT2D eigenvalue weighted by molar-refractivity contribution is -0.137. The molecule has 0 aromatic carbocycles. The maximum absolute atomic E-state index is 10.7. The fourth-order valence-corrected chi connectivity index (χ4v) is 3.31. The molecule has 2 unspecified atom stereocenters. The molecule has 0 radical (unpaired) electrons. The van der Waals surface area contributed by atoms with E-state index >= 15 is 0 Å². The highest BCUT2D eigenvalue weighted by molar-refractivity contribution is 5.81. The normalized spacial score (nSPS) is 13.9. The van der Waals surface area contributed by atoms with Crippen molar-refractivity contribution in [2.75, 3.05) is 39.0 Å². The van der Waals surface area contributed by atoms with Gasteiger partial charge >= 0.3 is 5.97 Å². The molecule has 2 heterocycles. The Hall–Kier alpha value is -2.30. The second kappa shape index (κ2) is 10.9. The van der Waals surface area contributed by atoms with Gasteiger partial charge in [-0.1, -0.05) is 0 Å². The van der Waals surface area contributed by atoms with Crippen LogP contribution in [0.2, 0.25) is 0 Å². The number of unbranched alkanes of at least 4 members (excludes halogenated alkanes) is 1. The van der Waals surface area contributed by atoms with Crippen LogP contribution in [0, 0.1) is 0 Å². The SMILES string of the molecule is COC(CC(C)n1cnc2c(N)ncnc21)CN(CCN)CCCCC(=O)O. The minimum Gasteiger partial charge on any atom is -0.481 e. The Kier molecular flexibility index (Phi) is 8.55. The molecule has 2 aromatic heterocycles. The summed E-state index contributed by atoms with van der Waals surface area (Å²) in [7, 11) is 1.70. The number of ether oxygens (including phenoxy) is 1. The Morgan fingerprint density at radius 1 is 1.32 bits per heavy atom. The summed E-state index contributed by atoms with van der Waals surface area (Å²) in [5.41, 5.74) is 12.9. The Morgan fingerprint density at radius 3 is 2.79 bits per heavy atom. The van der Waals surface area contributed by atoms with Gasteiger partial charge in [0, 0.05) is 39.2 Å². The first-order valence-electron chi connectivity index (χ1n) is 9.56. The van der Waals surface area contributed by atoms with E-state index in [1.165, 1.54) is 6.33 Å². The van der Waals surface area contributed by atoms with Crippen molar-refractivity contribution < 1.29 is 14.6 Å². The zero-order valence-electron chi connectivity index (χ0n) is 16.6. The fraction of sp³-hybridized carbons (Fsp3) is 0.667. The number of carboxylic acids is 1. The fourth-order valence-electron chi connectivity index (χ4n) is 3.31. The molecule has 2 aromatic rings. The number of carboxylic acid groups (broad SMARTS) is 1. The van der Waals surface area contributed by atoms with Crippen LogP contribution >= 0.6 is 0 Å². The van der Waals surface area contributed by atoms with Crippen LogP contribution in [0.15, 0.2) is 12.7 Å². The Labute approximate surface area is 164 Å². The van der Waals surface area contributed by atoms with Gasteiger partial charge in [-0.3, -0.25) is 9.69 Å². The predicted molar refractivity (Wildman–Crippen MR) is 107 cm³/mol. The summed E-state index contributed by atoms with van der Waals surface area (Å²) < 4.78 is 7.69. The molecule has 0 amide bonds. The van der Waals surface area contributed by atoms with Crippen LogP contribution in [0.5, 0.6) is 0 Å². The van der Waals surface area contributed by atoms with Crippen LogP contribution in [0.3, 0.4) is 0 Å². The van der Waals surface area contributed by atoms with Crippen LogP contribution in [0.25, 0.3) is 11.2 Å². The Balaban J connectivity index is 1.96. The quantitative estimate of drug-likeness (QED) is 0.422. The molecule has 0 aliphatic carbocycles. The molecule has 0 saturated carbocycles. The lowest BCUT2D eigenvalue weighted by Gasteiger charge is -2.28. The van der Waals surface area contributed by atoms with Gasteiger partial charge in [-0.2, -0.15) is 0 Å². The van der Waals surface area contributed by atoms with E-state index in [1.807, 2.05) is 4.57 Å². The molecule has 0 aliphatic heterocycles. The summed E-state index contributed by atoms with van der Waals surface area (Å²) in [6.45, 7) is 4.92. The van der Waals surface area contributed by atoms with Crippen molar-refractivity contribution in [3.05, 3.63) is 12.7 Å². The second-order valence-corrected chi connectivity index (χ2v) is 6.97. The highest BCUT2D eigenvalue weighted by Gasteiger charge is 2.20. The molecule has 2 atom stereocenters. The third-order valence-corrected chi connectivity index (χ3v) is 4.82.